The van der Waals surface area contributed by atoms with Gasteiger partial charge in [0, 0.05) is 54.0 Å². The van der Waals surface area contributed by atoms with Crippen molar-refractivity contribution in [2.75, 3.05) is 26.2 Å². The molecule has 7 rings (SSSR count). The summed E-state index contributed by atoms with van der Waals surface area (Å²) in [7, 11) is 0. The number of hydrogen-bond acceptors (Lipinski definition) is 5. The highest BCUT2D eigenvalue weighted by Gasteiger charge is 2.57. The fourth-order valence-corrected chi connectivity index (χ4v) is 7.17. The van der Waals surface area contributed by atoms with Crippen molar-refractivity contribution in [3.05, 3.63) is 39.9 Å². The van der Waals surface area contributed by atoms with E-state index in [4.69, 9.17) is 27.9 Å². The van der Waals surface area contributed by atoms with Gasteiger partial charge in [-0.25, -0.2) is 4.79 Å². The average molecular weight is 532 g/mol. The lowest BCUT2D eigenvalue weighted by Crippen LogP contribution is -2.69. The Morgan fingerprint density at radius 2 is 1.67 bits per heavy atom. The summed E-state index contributed by atoms with van der Waals surface area (Å²) in [6.45, 7) is 3.39. The van der Waals surface area contributed by atoms with Crippen LogP contribution < -0.4 is 4.74 Å². The van der Waals surface area contributed by atoms with E-state index in [2.05, 4.69) is 15.2 Å². The third-order valence-corrected chi connectivity index (χ3v) is 9.79. The van der Waals surface area contributed by atoms with E-state index in [1.165, 1.54) is 0 Å². The largest absolute Gasteiger partial charge is 0.489 e. The summed E-state index contributed by atoms with van der Waals surface area (Å²) in [5.41, 5.74) is -0.284. The van der Waals surface area contributed by atoms with Crippen LogP contribution in [0.3, 0.4) is 0 Å². The van der Waals surface area contributed by atoms with Crippen LogP contribution in [0.4, 0.5) is 4.79 Å². The molecule has 10 heteroatoms. The van der Waals surface area contributed by atoms with Crippen LogP contribution in [-0.4, -0.2) is 68.4 Å². The van der Waals surface area contributed by atoms with Crippen molar-refractivity contribution in [2.45, 2.75) is 69.0 Å². The third-order valence-electron chi connectivity index (χ3n) is 9.24. The highest BCUT2D eigenvalue weighted by Crippen LogP contribution is 2.56. The van der Waals surface area contributed by atoms with E-state index in [0.29, 0.717) is 27.5 Å². The number of amides is 2. The predicted octanol–water partition coefficient (Wildman–Crippen LogP) is 4.72. The van der Waals surface area contributed by atoms with E-state index in [1.54, 1.807) is 18.2 Å². The molecule has 3 saturated carbocycles. The van der Waals surface area contributed by atoms with Crippen molar-refractivity contribution < 1.29 is 14.6 Å². The Balaban J connectivity index is 0.857. The molecule has 0 radical (unpaired) electrons. The first-order valence-corrected chi connectivity index (χ1v) is 13.8. The standard InChI is InChI=1S/C26H31Cl2N5O3/c27-17-1-2-19(28)20(9-17)36-18-3-5-24(6-4-18)12-32(13-24)23(34)33-14-25(15-33)10-16(11-25)21-29-22(31-30-21)26(35)7-8-26/h1-2,9,16,18,35H,3-8,10-15H2,(H,29,30,31). The van der Waals surface area contributed by atoms with Gasteiger partial charge in [0.15, 0.2) is 5.82 Å². The number of aromatic nitrogens is 3. The maximum atomic E-state index is 13.1. The zero-order valence-electron chi connectivity index (χ0n) is 20.2. The minimum atomic E-state index is -0.767. The molecule has 0 unspecified atom stereocenters. The van der Waals surface area contributed by atoms with E-state index < -0.39 is 5.60 Å². The second-order valence-electron chi connectivity index (χ2n) is 12.1. The summed E-state index contributed by atoms with van der Waals surface area (Å²) in [5.74, 6) is 2.52. The van der Waals surface area contributed by atoms with Crippen molar-refractivity contribution in [1.82, 2.24) is 25.0 Å². The number of benzene rings is 1. The van der Waals surface area contributed by atoms with Crippen molar-refractivity contribution >= 4 is 29.2 Å². The van der Waals surface area contributed by atoms with Crippen LogP contribution in [0.25, 0.3) is 0 Å². The molecule has 192 valence electrons. The van der Waals surface area contributed by atoms with Crippen molar-refractivity contribution in [2.24, 2.45) is 10.8 Å². The van der Waals surface area contributed by atoms with Gasteiger partial charge >= 0.3 is 6.03 Å². The van der Waals surface area contributed by atoms with Crippen LogP contribution in [-0.2, 0) is 5.60 Å². The van der Waals surface area contributed by atoms with Crippen LogP contribution in [0.1, 0.15) is 68.9 Å². The zero-order chi connectivity index (χ0) is 24.7. The second-order valence-corrected chi connectivity index (χ2v) is 12.9. The molecule has 2 aromatic rings. The number of urea groups is 1. The lowest BCUT2D eigenvalue weighted by molar-refractivity contribution is -0.0800. The lowest BCUT2D eigenvalue weighted by atomic mass is 9.57. The van der Waals surface area contributed by atoms with Crippen LogP contribution >= 0.6 is 23.2 Å². The third kappa shape index (κ3) is 3.87. The number of rotatable bonds is 4. The summed E-state index contributed by atoms with van der Waals surface area (Å²) in [4.78, 5) is 20.3. The number of aromatic amines is 1. The summed E-state index contributed by atoms with van der Waals surface area (Å²) in [6, 6.07) is 5.51. The molecule has 3 aliphatic carbocycles. The lowest BCUT2D eigenvalue weighted by Gasteiger charge is -2.61. The fourth-order valence-electron chi connectivity index (χ4n) is 6.84. The number of carbonyl (C=O) groups is 1. The van der Waals surface area contributed by atoms with Gasteiger partial charge in [0.05, 0.1) is 11.1 Å². The highest BCUT2D eigenvalue weighted by atomic mass is 35.5. The first-order chi connectivity index (χ1) is 17.2. The Bertz CT molecular complexity index is 1180. The van der Waals surface area contributed by atoms with Crippen molar-refractivity contribution in [3.8, 4) is 5.75 Å². The Kier molecular flexibility index (Phi) is 5.13. The van der Waals surface area contributed by atoms with Gasteiger partial charge in [-0.2, -0.15) is 0 Å². The van der Waals surface area contributed by atoms with Gasteiger partial charge in [0.2, 0.25) is 0 Å². The molecule has 0 atom stereocenters. The van der Waals surface area contributed by atoms with Crippen LogP contribution in [0.15, 0.2) is 18.2 Å². The van der Waals surface area contributed by atoms with Crippen molar-refractivity contribution in [3.63, 3.8) is 0 Å². The maximum Gasteiger partial charge on any atom is 0.320 e. The van der Waals surface area contributed by atoms with Gasteiger partial charge in [-0.1, -0.05) is 23.2 Å². The SMILES string of the molecule is O=C(N1CC2(CCC(Oc3cc(Cl)ccc3Cl)CC2)C1)N1CC2(CC(c3nnc(C4(O)CC4)[nH]3)C2)C1. The number of nitrogens with one attached hydrogen (secondary N) is 1. The molecule has 1 aromatic carbocycles. The topological polar surface area (TPSA) is 94.6 Å². The number of carbonyl (C=O) groups excluding carboxylic acids is 1. The number of ether oxygens (including phenoxy) is 1. The fraction of sp³-hybridized carbons (Fsp3) is 0.654. The number of halogens is 2. The van der Waals surface area contributed by atoms with Gasteiger partial charge < -0.3 is 24.6 Å². The number of likely N-dealkylation sites (tertiary alicyclic amines) is 2. The Morgan fingerprint density at radius 3 is 2.33 bits per heavy atom. The molecule has 2 N–H and O–H groups in total. The Hall–Kier alpha value is -2.03. The van der Waals surface area contributed by atoms with Crippen LogP contribution in [0.5, 0.6) is 5.75 Å². The van der Waals surface area contributed by atoms with Crippen LogP contribution in [0, 0.1) is 10.8 Å². The molecule has 1 aromatic heterocycles. The first-order valence-electron chi connectivity index (χ1n) is 13.1. The number of hydrogen-bond donors (Lipinski definition) is 2. The molecule has 2 spiro atoms. The van der Waals surface area contributed by atoms with E-state index in [9.17, 15) is 9.90 Å². The minimum Gasteiger partial charge on any atom is -0.489 e. The summed E-state index contributed by atoms with van der Waals surface area (Å²) >= 11 is 12.3. The molecule has 2 amide bonds. The van der Waals surface area contributed by atoms with E-state index in [1.807, 2.05) is 9.80 Å². The normalized spacial score (nSPS) is 25.9. The minimum absolute atomic E-state index is 0.144. The number of aliphatic hydroxyl groups is 1. The molecule has 36 heavy (non-hydrogen) atoms. The molecule has 2 aliphatic heterocycles. The predicted molar refractivity (Wildman–Crippen MR) is 134 cm³/mol. The molecular formula is C26H31Cl2N5O3. The summed E-state index contributed by atoms with van der Waals surface area (Å²) in [5, 5.41) is 19.9. The van der Waals surface area contributed by atoms with E-state index in [0.717, 1.165) is 83.4 Å². The molecule has 3 heterocycles. The highest BCUT2D eigenvalue weighted by molar-refractivity contribution is 6.34. The molecule has 0 bridgehead atoms. The smallest absolute Gasteiger partial charge is 0.320 e. The quantitative estimate of drug-likeness (QED) is 0.595. The summed E-state index contributed by atoms with van der Waals surface area (Å²) < 4.78 is 6.14. The monoisotopic (exact) mass is 531 g/mol. The van der Waals surface area contributed by atoms with Crippen molar-refractivity contribution in [1.29, 1.82) is 0 Å². The average Bonchev–Trinajstić information content (AvgIpc) is 3.34. The van der Waals surface area contributed by atoms with Gasteiger partial charge in [0.1, 0.15) is 17.2 Å². The van der Waals surface area contributed by atoms with Gasteiger partial charge in [-0.3, -0.25) is 0 Å². The molecular weight excluding hydrogens is 501 g/mol. The summed E-state index contributed by atoms with van der Waals surface area (Å²) in [6.07, 6.45) is 7.82. The molecule has 8 nitrogen and oxygen atoms in total. The Morgan fingerprint density at radius 1 is 1.00 bits per heavy atom. The van der Waals surface area contributed by atoms with Gasteiger partial charge in [-0.15, -0.1) is 10.2 Å². The second kappa shape index (κ2) is 7.98. The molecule has 5 aliphatic rings. The van der Waals surface area contributed by atoms with Gasteiger partial charge in [-0.05, 0) is 63.5 Å². The first kappa shape index (κ1) is 23.1. The molecule has 2 saturated heterocycles. The maximum absolute atomic E-state index is 13.1. The number of H-pyrrole nitrogens is 1. The van der Waals surface area contributed by atoms with Crippen LogP contribution in [0.2, 0.25) is 10.0 Å². The van der Waals surface area contributed by atoms with E-state index >= 15 is 0 Å². The number of nitrogens with zero attached hydrogens (tertiary/aromatic N) is 4. The van der Waals surface area contributed by atoms with Gasteiger partial charge in [0.25, 0.3) is 0 Å². The molecule has 5 fully saturated rings. The zero-order valence-corrected chi connectivity index (χ0v) is 21.7. The Labute approximate surface area is 220 Å². The van der Waals surface area contributed by atoms with E-state index in [-0.39, 0.29) is 23.0 Å².